The third kappa shape index (κ3) is 5.59. The third-order valence-electron chi connectivity index (χ3n) is 6.17. The first-order valence-corrected chi connectivity index (χ1v) is 11.2. The number of amides is 1. The highest BCUT2D eigenvalue weighted by Crippen LogP contribution is 2.37. The Morgan fingerprint density at radius 1 is 1.09 bits per heavy atom. The first-order chi connectivity index (χ1) is 16.4. The second-order valence-corrected chi connectivity index (χ2v) is 8.57. The van der Waals surface area contributed by atoms with E-state index in [0.29, 0.717) is 22.9 Å². The second-order valence-electron chi connectivity index (χ2n) is 8.57. The van der Waals surface area contributed by atoms with Crippen molar-refractivity contribution in [1.82, 2.24) is 10.2 Å². The summed E-state index contributed by atoms with van der Waals surface area (Å²) in [4.78, 5) is 23.4. The van der Waals surface area contributed by atoms with Crippen LogP contribution in [0.15, 0.2) is 46.9 Å². The molecule has 1 aliphatic carbocycles. The Hall–Kier alpha value is -4.19. The number of aliphatic carboxylic acids is 1. The zero-order valence-electron chi connectivity index (χ0n) is 18.7. The van der Waals surface area contributed by atoms with Crippen molar-refractivity contribution in [3.8, 4) is 6.07 Å². The number of nitrogens with zero attached hydrogens (tertiary/aromatic N) is 3. The van der Waals surface area contributed by atoms with Crippen molar-refractivity contribution in [2.24, 2.45) is 5.92 Å². The summed E-state index contributed by atoms with van der Waals surface area (Å²) in [6, 6.07) is 15.0. The molecule has 0 saturated heterocycles. The number of carboxylic acids is 1. The molecule has 1 aliphatic rings. The Balaban J connectivity index is 1.32. The molecule has 2 aromatic carbocycles. The van der Waals surface area contributed by atoms with Crippen molar-refractivity contribution in [2.45, 2.75) is 44.9 Å². The number of aryl methyl sites for hydroxylation is 1. The predicted octanol–water partition coefficient (Wildman–Crippen LogP) is 4.99. The minimum Gasteiger partial charge on any atom is -0.481 e. The smallest absolute Gasteiger partial charge is 0.320 e. The van der Waals surface area contributed by atoms with Crippen LogP contribution in [0.5, 0.6) is 0 Å². The average Bonchev–Trinajstić information content (AvgIpc) is 3.29. The lowest BCUT2D eigenvalue weighted by atomic mass is 9.77. The Bertz CT molecular complexity index is 1220. The maximum atomic E-state index is 12.5. The van der Waals surface area contributed by atoms with Crippen LogP contribution in [0.2, 0.25) is 0 Å². The molecule has 0 bridgehead atoms. The highest BCUT2D eigenvalue weighted by atomic mass is 16.4. The van der Waals surface area contributed by atoms with Gasteiger partial charge in [-0.25, -0.2) is 0 Å². The summed E-state index contributed by atoms with van der Waals surface area (Å²) >= 11 is 0. The first-order valence-electron chi connectivity index (χ1n) is 11.2. The molecule has 9 nitrogen and oxygen atoms in total. The van der Waals surface area contributed by atoms with Gasteiger partial charge in [-0.05, 0) is 85.9 Å². The van der Waals surface area contributed by atoms with E-state index >= 15 is 0 Å². The molecule has 3 N–H and O–H groups in total. The molecule has 0 radical (unpaired) electrons. The molecule has 0 aliphatic heterocycles. The van der Waals surface area contributed by atoms with Crippen molar-refractivity contribution in [2.75, 3.05) is 10.6 Å². The summed E-state index contributed by atoms with van der Waals surface area (Å²) in [5.41, 5.74) is 3.85. The van der Waals surface area contributed by atoms with Gasteiger partial charge in [-0.2, -0.15) is 5.26 Å². The van der Waals surface area contributed by atoms with E-state index in [-0.39, 0.29) is 24.2 Å². The zero-order chi connectivity index (χ0) is 24.1. The van der Waals surface area contributed by atoms with E-state index in [2.05, 4.69) is 26.9 Å². The van der Waals surface area contributed by atoms with E-state index in [1.807, 2.05) is 31.2 Å². The number of nitrogens with one attached hydrogen (secondary N) is 2. The topological polar surface area (TPSA) is 141 Å². The molecule has 0 unspecified atom stereocenters. The molecule has 1 aromatic heterocycles. The third-order valence-corrected chi connectivity index (χ3v) is 6.17. The van der Waals surface area contributed by atoms with Gasteiger partial charge in [-0.3, -0.25) is 9.59 Å². The minimum atomic E-state index is -0.725. The molecule has 3 aromatic rings. The average molecular weight is 460 g/mol. The Labute approximate surface area is 196 Å². The first kappa shape index (κ1) is 23.0. The Kier molecular flexibility index (Phi) is 6.87. The lowest BCUT2D eigenvalue weighted by Gasteiger charge is -2.28. The van der Waals surface area contributed by atoms with Crippen LogP contribution in [0.25, 0.3) is 0 Å². The number of rotatable bonds is 7. The van der Waals surface area contributed by atoms with Crippen molar-refractivity contribution in [3.05, 3.63) is 65.0 Å². The van der Waals surface area contributed by atoms with Gasteiger partial charge < -0.3 is 20.2 Å². The van der Waals surface area contributed by atoms with Crippen LogP contribution in [-0.4, -0.2) is 27.2 Å². The number of hydrogen-bond acceptors (Lipinski definition) is 7. The number of nitriles is 1. The fourth-order valence-corrected chi connectivity index (χ4v) is 4.33. The van der Waals surface area contributed by atoms with Crippen LogP contribution in [0.3, 0.4) is 0 Å². The fourth-order valence-electron chi connectivity index (χ4n) is 4.33. The van der Waals surface area contributed by atoms with Crippen LogP contribution in [-0.2, 0) is 4.79 Å². The normalized spacial score (nSPS) is 17.5. The minimum absolute atomic E-state index is 0.0723. The van der Waals surface area contributed by atoms with E-state index in [4.69, 9.17) is 14.8 Å². The molecule has 1 fully saturated rings. The van der Waals surface area contributed by atoms with Crippen molar-refractivity contribution in [1.29, 1.82) is 5.26 Å². The van der Waals surface area contributed by atoms with E-state index < -0.39 is 11.9 Å². The Morgan fingerprint density at radius 3 is 2.44 bits per heavy atom. The van der Waals surface area contributed by atoms with Crippen LogP contribution in [0, 0.1) is 24.2 Å². The van der Waals surface area contributed by atoms with Gasteiger partial charge >= 0.3 is 23.8 Å². The molecule has 1 heterocycles. The molecule has 0 spiro atoms. The van der Waals surface area contributed by atoms with Gasteiger partial charge in [0.15, 0.2) is 0 Å². The summed E-state index contributed by atoms with van der Waals surface area (Å²) in [5, 5.41) is 31.3. The van der Waals surface area contributed by atoms with Crippen LogP contribution < -0.4 is 10.6 Å². The van der Waals surface area contributed by atoms with E-state index in [1.54, 1.807) is 18.2 Å². The molecular weight excluding hydrogens is 434 g/mol. The van der Waals surface area contributed by atoms with Gasteiger partial charge in [-0.15, -0.1) is 5.10 Å². The largest absolute Gasteiger partial charge is 0.481 e. The van der Waals surface area contributed by atoms with E-state index in [0.717, 1.165) is 31.2 Å². The summed E-state index contributed by atoms with van der Waals surface area (Å²) in [5.74, 6) is -0.739. The lowest BCUT2D eigenvalue weighted by Crippen LogP contribution is -2.16. The highest BCUT2D eigenvalue weighted by molar-refractivity contribution is 6.00. The molecular formula is C25H25N5O4. The number of carbonyl (C=O) groups is 2. The quantitative estimate of drug-likeness (QED) is 0.448. The molecule has 0 atom stereocenters. The number of benzene rings is 2. The summed E-state index contributed by atoms with van der Waals surface area (Å²) in [7, 11) is 0. The zero-order valence-corrected chi connectivity index (χ0v) is 18.7. The number of carboxylic acid groups (broad SMARTS) is 1. The molecule has 4 rings (SSSR count). The van der Waals surface area contributed by atoms with Gasteiger partial charge in [0, 0.05) is 17.8 Å². The maximum Gasteiger partial charge on any atom is 0.320 e. The highest BCUT2D eigenvalue weighted by Gasteiger charge is 2.24. The summed E-state index contributed by atoms with van der Waals surface area (Å²) < 4.78 is 5.42. The van der Waals surface area contributed by atoms with Crippen molar-refractivity contribution >= 4 is 29.3 Å². The van der Waals surface area contributed by atoms with Gasteiger partial charge in [-0.1, -0.05) is 17.2 Å². The molecule has 174 valence electrons. The second kappa shape index (κ2) is 10.2. The van der Waals surface area contributed by atoms with Crippen molar-refractivity contribution < 1.29 is 19.1 Å². The van der Waals surface area contributed by atoms with Gasteiger partial charge in [0.2, 0.25) is 0 Å². The van der Waals surface area contributed by atoms with Gasteiger partial charge in [0.25, 0.3) is 0 Å². The summed E-state index contributed by atoms with van der Waals surface area (Å²) in [6.45, 7) is 1.83. The number of carbonyl (C=O) groups excluding carboxylic acids is 1. The molecule has 1 amide bonds. The number of aromatic nitrogens is 2. The number of anilines is 3. The van der Waals surface area contributed by atoms with Crippen LogP contribution >= 0.6 is 0 Å². The molecule has 34 heavy (non-hydrogen) atoms. The maximum absolute atomic E-state index is 12.5. The molecule has 1 saturated carbocycles. The van der Waals surface area contributed by atoms with Crippen LogP contribution in [0.4, 0.5) is 17.4 Å². The lowest BCUT2D eigenvalue weighted by molar-refractivity contribution is -0.138. The van der Waals surface area contributed by atoms with Gasteiger partial charge in [0.05, 0.1) is 11.6 Å². The summed E-state index contributed by atoms with van der Waals surface area (Å²) in [6.07, 6.45) is 4.04. The monoisotopic (exact) mass is 459 g/mol. The Morgan fingerprint density at radius 2 is 1.79 bits per heavy atom. The van der Waals surface area contributed by atoms with E-state index in [1.165, 1.54) is 5.56 Å². The van der Waals surface area contributed by atoms with Crippen molar-refractivity contribution in [3.63, 3.8) is 0 Å². The molecule has 9 heteroatoms. The van der Waals surface area contributed by atoms with E-state index in [9.17, 15) is 9.59 Å². The van der Waals surface area contributed by atoms with Crippen LogP contribution in [0.1, 0.15) is 65.4 Å². The number of hydrogen-bond donors (Lipinski definition) is 3. The predicted molar refractivity (Wildman–Crippen MR) is 125 cm³/mol. The fraction of sp³-hybridized carbons (Fsp3) is 0.320. The van der Waals surface area contributed by atoms with Gasteiger partial charge in [0.1, 0.15) is 0 Å². The SMILES string of the molecule is Cc1cc(Nc2nnc(C(=O)Nc3ccc([C@H]4CC[C@H](CC(=O)O)CC4)cc3)o2)ccc1C#N. The standard InChI is InChI=1S/C25H25N5O4/c1-15-12-21(11-8-19(15)14-26)28-25-30-29-24(34-25)23(33)27-20-9-6-18(7-10-20)17-4-2-16(3-5-17)13-22(31)32/h6-12,16-17H,2-5,13H2,1H3,(H,27,33)(H,28,30)(H,31,32)/t16-,17-.